The molecular weight excluding hydrogens is 276 g/mol. The Morgan fingerprint density at radius 1 is 1.41 bits per heavy atom. The molecule has 2 nitrogen and oxygen atoms in total. The Hall–Kier alpha value is -0.540. The topological polar surface area (TPSA) is 29.3 Å². The molecule has 0 saturated heterocycles. The number of halogens is 1. The van der Waals surface area contributed by atoms with Crippen LogP contribution in [0.5, 0.6) is 0 Å². The van der Waals surface area contributed by atoms with Crippen LogP contribution >= 0.6 is 15.9 Å². The number of hydrogen-bond acceptors (Lipinski definition) is 2. The number of benzene rings is 1. The fourth-order valence-corrected chi connectivity index (χ4v) is 2.41. The minimum atomic E-state index is 0.0583. The molecule has 17 heavy (non-hydrogen) atoms. The van der Waals surface area contributed by atoms with Crippen LogP contribution in [0.3, 0.4) is 0 Å². The Morgan fingerprint density at radius 2 is 2.00 bits per heavy atom. The third kappa shape index (κ3) is 3.23. The average molecular weight is 299 g/mol. The fraction of sp³-hybridized carbons (Fsp3) is 0.571. The van der Waals surface area contributed by atoms with E-state index in [-0.39, 0.29) is 11.6 Å². The minimum absolute atomic E-state index is 0.0583. The van der Waals surface area contributed by atoms with E-state index in [9.17, 15) is 0 Å². The molecule has 0 unspecified atom stereocenters. The summed E-state index contributed by atoms with van der Waals surface area (Å²) in [6.45, 7) is 8.71. The lowest BCUT2D eigenvalue weighted by atomic mass is 9.98. The van der Waals surface area contributed by atoms with Crippen LogP contribution in [0.2, 0.25) is 0 Å². The van der Waals surface area contributed by atoms with Gasteiger partial charge in [-0.05, 0) is 44.9 Å². The molecule has 0 heterocycles. The van der Waals surface area contributed by atoms with Crippen molar-refractivity contribution in [1.29, 1.82) is 0 Å². The van der Waals surface area contributed by atoms with Gasteiger partial charge in [0, 0.05) is 28.8 Å². The van der Waals surface area contributed by atoms with Crippen molar-refractivity contribution in [3.63, 3.8) is 0 Å². The second kappa shape index (κ2) is 5.40. The van der Waals surface area contributed by atoms with E-state index in [1.165, 1.54) is 5.69 Å². The Kier molecular flexibility index (Phi) is 4.62. The lowest BCUT2D eigenvalue weighted by Gasteiger charge is -2.37. The molecule has 0 aliphatic heterocycles. The highest BCUT2D eigenvalue weighted by Gasteiger charge is 2.22. The van der Waals surface area contributed by atoms with Gasteiger partial charge in [-0.3, -0.25) is 0 Å². The van der Waals surface area contributed by atoms with E-state index in [4.69, 9.17) is 5.73 Å². The summed E-state index contributed by atoms with van der Waals surface area (Å²) < 4.78 is 1.09. The summed E-state index contributed by atoms with van der Waals surface area (Å²) in [5, 5.41) is 0. The van der Waals surface area contributed by atoms with Gasteiger partial charge in [-0.2, -0.15) is 0 Å². The maximum absolute atomic E-state index is 5.91. The van der Waals surface area contributed by atoms with Crippen molar-refractivity contribution < 1.29 is 0 Å². The van der Waals surface area contributed by atoms with Gasteiger partial charge in [0.15, 0.2) is 0 Å². The van der Waals surface area contributed by atoms with Crippen LogP contribution in [0.25, 0.3) is 0 Å². The summed E-state index contributed by atoms with van der Waals surface area (Å²) in [5.74, 6) is 0. The number of anilines is 1. The monoisotopic (exact) mass is 298 g/mol. The van der Waals surface area contributed by atoms with Crippen molar-refractivity contribution >= 4 is 21.6 Å². The second-order valence-corrected chi connectivity index (χ2v) is 6.07. The molecule has 0 fully saturated rings. The van der Waals surface area contributed by atoms with Crippen molar-refractivity contribution in [2.45, 2.75) is 45.7 Å². The molecule has 0 spiro atoms. The quantitative estimate of drug-likeness (QED) is 0.907. The first-order chi connectivity index (χ1) is 7.79. The van der Waals surface area contributed by atoms with Gasteiger partial charge >= 0.3 is 0 Å². The van der Waals surface area contributed by atoms with Gasteiger partial charge in [0.2, 0.25) is 0 Å². The van der Waals surface area contributed by atoms with Crippen LogP contribution in [-0.4, -0.2) is 12.6 Å². The first kappa shape index (κ1) is 14.5. The molecule has 0 saturated carbocycles. The van der Waals surface area contributed by atoms with E-state index in [0.29, 0.717) is 0 Å². The van der Waals surface area contributed by atoms with E-state index >= 15 is 0 Å². The molecule has 0 radical (unpaired) electrons. The van der Waals surface area contributed by atoms with Crippen LogP contribution in [0.4, 0.5) is 5.69 Å². The standard InChI is InChI=1S/C14H23BrN2/c1-6-14(3,4)17(5)11-7-8-12(10(2)16)13(15)9-11/h7-10H,6,16H2,1-5H3/t10-/m1/s1. The summed E-state index contributed by atoms with van der Waals surface area (Å²) in [7, 11) is 2.14. The van der Waals surface area contributed by atoms with Crippen LogP contribution in [-0.2, 0) is 0 Å². The van der Waals surface area contributed by atoms with Crippen molar-refractivity contribution in [1.82, 2.24) is 0 Å². The van der Waals surface area contributed by atoms with E-state index in [1.54, 1.807) is 0 Å². The molecule has 96 valence electrons. The van der Waals surface area contributed by atoms with Gasteiger partial charge in [0.25, 0.3) is 0 Å². The normalized spacial score (nSPS) is 13.6. The van der Waals surface area contributed by atoms with Crippen LogP contribution < -0.4 is 10.6 Å². The summed E-state index contributed by atoms with van der Waals surface area (Å²) in [4.78, 5) is 2.31. The molecule has 0 aliphatic carbocycles. The lowest BCUT2D eigenvalue weighted by molar-refractivity contribution is 0.470. The third-order valence-electron chi connectivity index (χ3n) is 3.64. The Bertz CT molecular complexity index is 386. The Labute approximate surface area is 113 Å². The first-order valence-electron chi connectivity index (χ1n) is 6.08. The van der Waals surface area contributed by atoms with Crippen LogP contribution in [0.15, 0.2) is 22.7 Å². The zero-order chi connectivity index (χ0) is 13.2. The van der Waals surface area contributed by atoms with Crippen molar-refractivity contribution in [3.8, 4) is 0 Å². The minimum Gasteiger partial charge on any atom is -0.369 e. The number of nitrogens with two attached hydrogens (primary N) is 1. The first-order valence-corrected chi connectivity index (χ1v) is 6.87. The Morgan fingerprint density at radius 3 is 2.41 bits per heavy atom. The van der Waals surface area contributed by atoms with Crippen molar-refractivity contribution in [3.05, 3.63) is 28.2 Å². The molecule has 1 rings (SSSR count). The summed E-state index contributed by atoms with van der Waals surface area (Å²) in [5.41, 5.74) is 8.44. The van der Waals surface area contributed by atoms with E-state index in [0.717, 1.165) is 16.5 Å². The zero-order valence-electron chi connectivity index (χ0n) is 11.4. The lowest BCUT2D eigenvalue weighted by Crippen LogP contribution is -2.40. The van der Waals surface area contributed by atoms with Gasteiger partial charge in [-0.1, -0.05) is 28.9 Å². The van der Waals surface area contributed by atoms with Gasteiger partial charge in [-0.25, -0.2) is 0 Å². The molecule has 1 aromatic carbocycles. The molecule has 2 N–H and O–H groups in total. The highest BCUT2D eigenvalue weighted by atomic mass is 79.9. The highest BCUT2D eigenvalue weighted by Crippen LogP contribution is 2.30. The van der Waals surface area contributed by atoms with Gasteiger partial charge in [0.05, 0.1) is 0 Å². The van der Waals surface area contributed by atoms with E-state index < -0.39 is 0 Å². The highest BCUT2D eigenvalue weighted by molar-refractivity contribution is 9.10. The largest absolute Gasteiger partial charge is 0.369 e. The molecule has 1 atom stereocenters. The summed E-state index contributed by atoms with van der Waals surface area (Å²) in [6, 6.07) is 6.45. The molecule has 0 bridgehead atoms. The molecule has 0 amide bonds. The number of nitrogens with zero attached hydrogens (tertiary/aromatic N) is 1. The molecular formula is C14H23BrN2. The maximum atomic E-state index is 5.91. The van der Waals surface area contributed by atoms with Crippen molar-refractivity contribution in [2.24, 2.45) is 5.73 Å². The summed E-state index contributed by atoms with van der Waals surface area (Å²) >= 11 is 3.60. The number of rotatable bonds is 4. The maximum Gasteiger partial charge on any atom is 0.0379 e. The molecule has 3 heteroatoms. The predicted molar refractivity (Wildman–Crippen MR) is 79.5 cm³/mol. The van der Waals surface area contributed by atoms with E-state index in [2.05, 4.69) is 66.8 Å². The van der Waals surface area contributed by atoms with Gasteiger partial charge in [0.1, 0.15) is 0 Å². The predicted octanol–water partition coefficient (Wildman–Crippen LogP) is 4.09. The molecule has 0 aliphatic rings. The van der Waals surface area contributed by atoms with Crippen LogP contribution in [0, 0.1) is 0 Å². The smallest absolute Gasteiger partial charge is 0.0379 e. The SMILES string of the molecule is CCC(C)(C)N(C)c1ccc([C@@H](C)N)c(Br)c1. The fourth-order valence-electron chi connectivity index (χ4n) is 1.68. The van der Waals surface area contributed by atoms with Crippen molar-refractivity contribution in [2.75, 3.05) is 11.9 Å². The molecule has 1 aromatic rings. The third-order valence-corrected chi connectivity index (χ3v) is 4.32. The van der Waals surface area contributed by atoms with E-state index in [1.807, 2.05) is 6.92 Å². The average Bonchev–Trinajstić information content (AvgIpc) is 2.27. The van der Waals surface area contributed by atoms with Crippen LogP contribution in [0.1, 0.15) is 45.7 Å². The zero-order valence-corrected chi connectivity index (χ0v) is 13.0. The second-order valence-electron chi connectivity index (χ2n) is 5.22. The molecule has 0 aromatic heterocycles. The number of hydrogen-bond donors (Lipinski definition) is 1. The van der Waals surface area contributed by atoms with Gasteiger partial charge < -0.3 is 10.6 Å². The van der Waals surface area contributed by atoms with Gasteiger partial charge in [-0.15, -0.1) is 0 Å². The Balaban J connectivity index is 3.06. The summed E-state index contributed by atoms with van der Waals surface area (Å²) in [6.07, 6.45) is 1.11.